The third-order valence-electron chi connectivity index (χ3n) is 3.42. The summed E-state index contributed by atoms with van der Waals surface area (Å²) in [4.78, 5) is 11.8. The van der Waals surface area contributed by atoms with E-state index in [9.17, 15) is 14.3 Å². The minimum Gasteiger partial charge on any atom is -0.391 e. The van der Waals surface area contributed by atoms with Crippen molar-refractivity contribution in [2.45, 2.75) is 44.8 Å². The topological polar surface area (TPSA) is 61.4 Å². The molecule has 2 atom stereocenters. The van der Waals surface area contributed by atoms with E-state index in [2.05, 4.69) is 10.6 Å². The van der Waals surface area contributed by atoms with Crippen molar-refractivity contribution >= 4 is 11.7 Å². The number of urea groups is 1. The Bertz CT molecular complexity index is 465. The van der Waals surface area contributed by atoms with Crippen molar-refractivity contribution in [3.05, 3.63) is 29.6 Å². The van der Waals surface area contributed by atoms with Crippen LogP contribution in [0.3, 0.4) is 0 Å². The quantitative estimate of drug-likeness (QED) is 0.770. The molecule has 0 saturated heterocycles. The lowest BCUT2D eigenvalue weighted by Gasteiger charge is -2.28. The molecule has 0 heterocycles. The predicted molar refractivity (Wildman–Crippen MR) is 71.6 cm³/mol. The highest BCUT2D eigenvalue weighted by molar-refractivity contribution is 5.89. The molecule has 4 nitrogen and oxygen atoms in total. The number of benzene rings is 1. The molecule has 1 aromatic rings. The van der Waals surface area contributed by atoms with Crippen molar-refractivity contribution in [2.24, 2.45) is 0 Å². The first-order valence-corrected chi connectivity index (χ1v) is 6.58. The average Bonchev–Trinajstić information content (AvgIpc) is 2.37. The molecule has 0 radical (unpaired) electrons. The van der Waals surface area contributed by atoms with Gasteiger partial charge in [0.15, 0.2) is 0 Å². The summed E-state index contributed by atoms with van der Waals surface area (Å²) in [5.74, 6) is -0.468. The first-order valence-electron chi connectivity index (χ1n) is 6.58. The molecule has 1 aliphatic carbocycles. The molecular formula is C14H19FN2O2. The van der Waals surface area contributed by atoms with Crippen LogP contribution in [0.1, 0.15) is 31.2 Å². The SMILES string of the molecule is Cc1ccc(F)c(NC(=O)NC2CCCCC2O)c1. The van der Waals surface area contributed by atoms with Crippen molar-refractivity contribution in [3.8, 4) is 0 Å². The number of aliphatic hydroxyl groups excluding tert-OH is 1. The van der Waals surface area contributed by atoms with Gasteiger partial charge in [-0.25, -0.2) is 9.18 Å². The highest BCUT2D eigenvalue weighted by Gasteiger charge is 2.24. The zero-order valence-electron chi connectivity index (χ0n) is 10.9. The van der Waals surface area contributed by atoms with Crippen LogP contribution >= 0.6 is 0 Å². The van der Waals surface area contributed by atoms with Gasteiger partial charge in [-0.2, -0.15) is 0 Å². The molecule has 0 aromatic heterocycles. The molecule has 2 unspecified atom stereocenters. The fourth-order valence-electron chi connectivity index (χ4n) is 2.34. The Morgan fingerprint density at radius 3 is 2.84 bits per heavy atom. The Hall–Kier alpha value is -1.62. The maximum atomic E-state index is 13.5. The van der Waals surface area contributed by atoms with E-state index in [0.717, 1.165) is 24.8 Å². The summed E-state index contributed by atoms with van der Waals surface area (Å²) in [6.07, 6.45) is 2.91. The van der Waals surface area contributed by atoms with E-state index < -0.39 is 18.0 Å². The fraction of sp³-hybridized carbons (Fsp3) is 0.500. The van der Waals surface area contributed by atoms with E-state index in [1.54, 1.807) is 12.1 Å². The monoisotopic (exact) mass is 266 g/mol. The third kappa shape index (κ3) is 3.67. The summed E-state index contributed by atoms with van der Waals surface area (Å²) in [7, 11) is 0. The number of anilines is 1. The van der Waals surface area contributed by atoms with Crippen molar-refractivity contribution in [3.63, 3.8) is 0 Å². The molecule has 0 aliphatic heterocycles. The van der Waals surface area contributed by atoms with Crippen molar-refractivity contribution in [1.29, 1.82) is 0 Å². The summed E-state index contributed by atoms with van der Waals surface area (Å²) in [5, 5.41) is 14.9. The summed E-state index contributed by atoms with van der Waals surface area (Å²) in [5.41, 5.74) is 1.03. The Balaban J connectivity index is 1.95. The second-order valence-corrected chi connectivity index (χ2v) is 5.04. The van der Waals surface area contributed by atoms with Gasteiger partial charge in [-0.3, -0.25) is 0 Å². The van der Waals surface area contributed by atoms with Crippen LogP contribution in [-0.4, -0.2) is 23.3 Å². The summed E-state index contributed by atoms with van der Waals surface area (Å²) >= 11 is 0. The average molecular weight is 266 g/mol. The van der Waals surface area contributed by atoms with Gasteiger partial charge in [-0.1, -0.05) is 18.9 Å². The number of hydrogen-bond acceptors (Lipinski definition) is 2. The number of aryl methyl sites for hydroxylation is 1. The van der Waals surface area contributed by atoms with Crippen molar-refractivity contribution in [2.75, 3.05) is 5.32 Å². The molecule has 1 aliphatic rings. The summed E-state index contributed by atoms with van der Waals surface area (Å²) < 4.78 is 13.5. The van der Waals surface area contributed by atoms with Gasteiger partial charge in [0.05, 0.1) is 17.8 Å². The maximum absolute atomic E-state index is 13.5. The lowest BCUT2D eigenvalue weighted by Crippen LogP contribution is -2.46. The number of hydrogen-bond donors (Lipinski definition) is 3. The first kappa shape index (κ1) is 13.8. The van der Waals surface area contributed by atoms with Crippen LogP contribution in [0, 0.1) is 12.7 Å². The van der Waals surface area contributed by atoms with Crippen LogP contribution in [-0.2, 0) is 0 Å². The Labute approximate surface area is 112 Å². The van der Waals surface area contributed by atoms with E-state index in [1.165, 1.54) is 6.07 Å². The molecule has 2 amide bonds. The van der Waals surface area contributed by atoms with Crippen molar-refractivity contribution < 1.29 is 14.3 Å². The van der Waals surface area contributed by atoms with E-state index in [1.807, 2.05) is 6.92 Å². The molecule has 2 rings (SSSR count). The molecule has 3 N–H and O–H groups in total. The zero-order valence-corrected chi connectivity index (χ0v) is 10.9. The van der Waals surface area contributed by atoms with E-state index in [4.69, 9.17) is 0 Å². The normalized spacial score (nSPS) is 22.9. The van der Waals surface area contributed by atoms with Crippen LogP contribution in [0.25, 0.3) is 0 Å². The smallest absolute Gasteiger partial charge is 0.319 e. The second kappa shape index (κ2) is 6.02. The van der Waals surface area contributed by atoms with Gasteiger partial charge in [0.1, 0.15) is 5.82 Å². The molecule has 5 heteroatoms. The molecule has 1 aromatic carbocycles. The number of carbonyl (C=O) groups is 1. The molecular weight excluding hydrogens is 247 g/mol. The van der Waals surface area contributed by atoms with Crippen LogP contribution in [0.15, 0.2) is 18.2 Å². The Kier molecular flexibility index (Phi) is 4.37. The lowest BCUT2D eigenvalue weighted by atomic mass is 9.93. The highest BCUT2D eigenvalue weighted by atomic mass is 19.1. The van der Waals surface area contributed by atoms with Crippen LogP contribution < -0.4 is 10.6 Å². The van der Waals surface area contributed by atoms with Gasteiger partial charge >= 0.3 is 6.03 Å². The van der Waals surface area contributed by atoms with Crippen LogP contribution in [0.5, 0.6) is 0 Å². The molecule has 19 heavy (non-hydrogen) atoms. The summed E-state index contributed by atoms with van der Waals surface area (Å²) in [6, 6.07) is 3.81. The number of aliphatic hydroxyl groups is 1. The van der Waals surface area contributed by atoms with E-state index in [-0.39, 0.29) is 11.7 Å². The largest absolute Gasteiger partial charge is 0.391 e. The van der Waals surface area contributed by atoms with Crippen LogP contribution in [0.4, 0.5) is 14.9 Å². The summed E-state index contributed by atoms with van der Waals surface area (Å²) in [6.45, 7) is 1.83. The van der Waals surface area contributed by atoms with Gasteiger partial charge < -0.3 is 15.7 Å². The maximum Gasteiger partial charge on any atom is 0.319 e. The molecule has 104 valence electrons. The van der Waals surface area contributed by atoms with Gasteiger partial charge in [0.2, 0.25) is 0 Å². The lowest BCUT2D eigenvalue weighted by molar-refractivity contribution is 0.0955. The van der Waals surface area contributed by atoms with Gasteiger partial charge in [-0.15, -0.1) is 0 Å². The number of halogens is 1. The number of rotatable bonds is 2. The fourth-order valence-corrected chi connectivity index (χ4v) is 2.34. The predicted octanol–water partition coefficient (Wildman–Crippen LogP) is 2.56. The Morgan fingerprint density at radius 2 is 2.11 bits per heavy atom. The molecule has 0 bridgehead atoms. The van der Waals surface area contributed by atoms with E-state index in [0.29, 0.717) is 6.42 Å². The number of amides is 2. The molecule has 1 fully saturated rings. The van der Waals surface area contributed by atoms with Crippen molar-refractivity contribution in [1.82, 2.24) is 5.32 Å². The van der Waals surface area contributed by atoms with Gasteiger partial charge in [0, 0.05) is 0 Å². The molecule has 1 saturated carbocycles. The van der Waals surface area contributed by atoms with Crippen LogP contribution in [0.2, 0.25) is 0 Å². The molecule has 0 spiro atoms. The standard InChI is InChI=1S/C14H19FN2O2/c1-9-6-7-10(15)12(8-9)17-14(19)16-11-4-2-3-5-13(11)18/h6-8,11,13,18H,2-5H2,1H3,(H2,16,17,19). The minimum atomic E-state index is -0.512. The first-order chi connectivity index (χ1) is 9.06. The highest BCUT2D eigenvalue weighted by Crippen LogP contribution is 2.19. The second-order valence-electron chi connectivity index (χ2n) is 5.04. The Morgan fingerprint density at radius 1 is 1.37 bits per heavy atom. The zero-order chi connectivity index (χ0) is 13.8. The number of carbonyl (C=O) groups excluding carboxylic acids is 1. The van der Waals surface area contributed by atoms with Gasteiger partial charge in [-0.05, 0) is 37.5 Å². The number of nitrogens with one attached hydrogen (secondary N) is 2. The van der Waals surface area contributed by atoms with Gasteiger partial charge in [0.25, 0.3) is 0 Å². The minimum absolute atomic E-state index is 0.155. The van der Waals surface area contributed by atoms with E-state index >= 15 is 0 Å². The third-order valence-corrected chi connectivity index (χ3v) is 3.42.